The fraction of sp³-hybridized carbons (Fsp3) is 0.381. The van der Waals surface area contributed by atoms with Gasteiger partial charge in [-0.25, -0.2) is 8.42 Å². The molecule has 1 amide bonds. The van der Waals surface area contributed by atoms with Crippen LogP contribution in [0.3, 0.4) is 0 Å². The number of amides is 1. The van der Waals surface area contributed by atoms with Crippen LogP contribution < -0.4 is 10.0 Å². The van der Waals surface area contributed by atoms with Gasteiger partial charge in [-0.3, -0.25) is 9.52 Å². The van der Waals surface area contributed by atoms with E-state index in [4.69, 9.17) is 0 Å². The summed E-state index contributed by atoms with van der Waals surface area (Å²) in [5.74, 6) is -0.276. The van der Waals surface area contributed by atoms with Crippen molar-refractivity contribution in [1.29, 1.82) is 0 Å². The molecule has 0 saturated heterocycles. The van der Waals surface area contributed by atoms with Crippen LogP contribution in [-0.4, -0.2) is 46.4 Å². The molecule has 2 aromatic rings. The van der Waals surface area contributed by atoms with Crippen molar-refractivity contribution in [2.24, 2.45) is 0 Å². The molecule has 0 fully saturated rings. The molecule has 0 aromatic heterocycles. The molecule has 0 radical (unpaired) electrons. The zero-order valence-electron chi connectivity index (χ0n) is 17.2. The van der Waals surface area contributed by atoms with Gasteiger partial charge in [0.25, 0.3) is 15.9 Å². The van der Waals surface area contributed by atoms with Gasteiger partial charge >= 0.3 is 0 Å². The first kappa shape index (κ1) is 21.9. The van der Waals surface area contributed by atoms with Gasteiger partial charge in [-0.2, -0.15) is 0 Å². The summed E-state index contributed by atoms with van der Waals surface area (Å²) in [5.41, 5.74) is 3.37. The van der Waals surface area contributed by atoms with E-state index in [9.17, 15) is 13.2 Å². The highest BCUT2D eigenvalue weighted by atomic mass is 32.2. The maximum Gasteiger partial charge on any atom is 0.262 e. The molecular formula is C21H29N3O3S. The lowest BCUT2D eigenvalue weighted by atomic mass is 10.1. The number of nitrogens with one attached hydrogen (secondary N) is 2. The van der Waals surface area contributed by atoms with Crippen LogP contribution in [-0.2, 0) is 10.0 Å². The average molecular weight is 404 g/mol. The van der Waals surface area contributed by atoms with E-state index in [1.54, 1.807) is 31.2 Å². The average Bonchev–Trinajstić information content (AvgIpc) is 2.57. The lowest BCUT2D eigenvalue weighted by molar-refractivity contribution is 0.0952. The van der Waals surface area contributed by atoms with E-state index in [0.29, 0.717) is 23.4 Å². The van der Waals surface area contributed by atoms with E-state index < -0.39 is 10.0 Å². The summed E-state index contributed by atoms with van der Waals surface area (Å²) in [7, 11) is 0.141. The molecule has 0 unspecified atom stereocenters. The second-order valence-corrected chi connectivity index (χ2v) is 9.03. The van der Waals surface area contributed by atoms with Gasteiger partial charge < -0.3 is 10.2 Å². The minimum absolute atomic E-state index is 0.104. The molecule has 0 heterocycles. The number of carbonyl (C=O) groups is 1. The van der Waals surface area contributed by atoms with E-state index in [-0.39, 0.29) is 10.8 Å². The highest BCUT2D eigenvalue weighted by molar-refractivity contribution is 7.92. The second kappa shape index (κ2) is 9.21. The second-order valence-electron chi connectivity index (χ2n) is 7.37. The van der Waals surface area contributed by atoms with Crippen LogP contribution in [0.2, 0.25) is 0 Å². The summed E-state index contributed by atoms with van der Waals surface area (Å²) in [6.45, 7) is 6.95. The van der Waals surface area contributed by atoms with Crippen LogP contribution in [0.1, 0.15) is 33.5 Å². The first-order valence-electron chi connectivity index (χ1n) is 9.23. The largest absolute Gasteiger partial charge is 0.352 e. The molecule has 2 rings (SSSR count). The third-order valence-corrected chi connectivity index (χ3v) is 5.80. The monoisotopic (exact) mass is 403 g/mol. The Kier molecular flexibility index (Phi) is 7.21. The minimum Gasteiger partial charge on any atom is -0.352 e. The highest BCUT2D eigenvalue weighted by Gasteiger charge is 2.19. The summed E-state index contributed by atoms with van der Waals surface area (Å²) in [5, 5.41) is 2.84. The Morgan fingerprint density at radius 1 is 1.00 bits per heavy atom. The third kappa shape index (κ3) is 6.07. The van der Waals surface area contributed by atoms with Crippen molar-refractivity contribution in [2.45, 2.75) is 32.1 Å². The third-order valence-electron chi connectivity index (χ3n) is 4.28. The van der Waals surface area contributed by atoms with Crippen molar-refractivity contribution in [3.05, 3.63) is 58.7 Å². The lowest BCUT2D eigenvalue weighted by Gasteiger charge is -2.13. The Morgan fingerprint density at radius 3 is 2.25 bits per heavy atom. The summed E-state index contributed by atoms with van der Waals surface area (Å²) < 4.78 is 28.4. The van der Waals surface area contributed by atoms with Gasteiger partial charge in [-0.1, -0.05) is 12.1 Å². The Bertz CT molecular complexity index is 933. The number of nitrogens with zero attached hydrogens (tertiary/aromatic N) is 1. The zero-order chi connectivity index (χ0) is 20.9. The molecular weight excluding hydrogens is 374 g/mol. The van der Waals surface area contributed by atoms with Crippen molar-refractivity contribution >= 4 is 21.6 Å². The van der Waals surface area contributed by atoms with Crippen LogP contribution in [0.25, 0.3) is 0 Å². The van der Waals surface area contributed by atoms with Crippen molar-refractivity contribution in [1.82, 2.24) is 10.2 Å². The summed E-state index contributed by atoms with van der Waals surface area (Å²) in [6, 6.07) is 10.3. The fourth-order valence-corrected chi connectivity index (χ4v) is 4.29. The molecule has 7 heteroatoms. The quantitative estimate of drug-likeness (QED) is 0.664. The van der Waals surface area contributed by atoms with Crippen LogP contribution in [0.4, 0.5) is 5.69 Å². The molecule has 28 heavy (non-hydrogen) atoms. The Labute approximate surface area is 168 Å². The minimum atomic E-state index is -3.81. The van der Waals surface area contributed by atoms with Gasteiger partial charge in [0.15, 0.2) is 0 Å². The van der Waals surface area contributed by atoms with E-state index in [0.717, 1.165) is 24.1 Å². The van der Waals surface area contributed by atoms with Gasteiger partial charge in [0.2, 0.25) is 0 Å². The smallest absolute Gasteiger partial charge is 0.262 e. The molecule has 152 valence electrons. The molecule has 0 atom stereocenters. The van der Waals surface area contributed by atoms with Crippen molar-refractivity contribution in [3.8, 4) is 0 Å². The van der Waals surface area contributed by atoms with E-state index in [2.05, 4.69) is 10.0 Å². The number of sulfonamides is 1. The van der Waals surface area contributed by atoms with E-state index in [1.165, 1.54) is 6.07 Å². The van der Waals surface area contributed by atoms with Crippen molar-refractivity contribution in [2.75, 3.05) is 31.9 Å². The van der Waals surface area contributed by atoms with Crippen LogP contribution in [0, 0.1) is 20.8 Å². The first-order valence-corrected chi connectivity index (χ1v) is 10.7. The Hall–Kier alpha value is -2.38. The van der Waals surface area contributed by atoms with Gasteiger partial charge in [0.05, 0.1) is 4.90 Å². The Balaban J connectivity index is 2.20. The van der Waals surface area contributed by atoms with Crippen molar-refractivity contribution < 1.29 is 13.2 Å². The normalized spacial score (nSPS) is 11.5. The summed E-state index contributed by atoms with van der Waals surface area (Å²) >= 11 is 0. The summed E-state index contributed by atoms with van der Waals surface area (Å²) in [4.78, 5) is 14.5. The summed E-state index contributed by atoms with van der Waals surface area (Å²) in [6.07, 6.45) is 0.823. The maximum atomic E-state index is 12.9. The highest BCUT2D eigenvalue weighted by Crippen LogP contribution is 2.22. The lowest BCUT2D eigenvalue weighted by Crippen LogP contribution is -2.27. The van der Waals surface area contributed by atoms with Gasteiger partial charge in [0.1, 0.15) is 0 Å². The molecule has 0 aliphatic carbocycles. The molecule has 6 nitrogen and oxygen atoms in total. The molecule has 2 aromatic carbocycles. The van der Waals surface area contributed by atoms with Crippen LogP contribution in [0.5, 0.6) is 0 Å². The van der Waals surface area contributed by atoms with Crippen LogP contribution in [0.15, 0.2) is 41.3 Å². The SMILES string of the molecule is Cc1cc(C)cc(NS(=O)(=O)c2cc(C(=O)NCCCN(C)C)ccc2C)c1. The fourth-order valence-electron chi connectivity index (χ4n) is 2.97. The molecule has 2 N–H and O–H groups in total. The number of aryl methyl sites for hydroxylation is 3. The predicted molar refractivity (Wildman–Crippen MR) is 113 cm³/mol. The maximum absolute atomic E-state index is 12.9. The topological polar surface area (TPSA) is 78.5 Å². The predicted octanol–water partition coefficient (Wildman–Crippen LogP) is 3.09. The number of hydrogen-bond acceptors (Lipinski definition) is 4. The molecule has 0 aliphatic heterocycles. The first-order chi connectivity index (χ1) is 13.1. The number of rotatable bonds is 8. The number of carbonyl (C=O) groups excluding carboxylic acids is 1. The van der Waals surface area contributed by atoms with E-state index in [1.807, 2.05) is 38.9 Å². The van der Waals surface area contributed by atoms with Gasteiger partial charge in [0, 0.05) is 17.8 Å². The van der Waals surface area contributed by atoms with Crippen LogP contribution >= 0.6 is 0 Å². The van der Waals surface area contributed by atoms with Gasteiger partial charge in [-0.05, 0) is 88.8 Å². The van der Waals surface area contributed by atoms with Gasteiger partial charge in [-0.15, -0.1) is 0 Å². The molecule has 0 saturated carbocycles. The van der Waals surface area contributed by atoms with Crippen molar-refractivity contribution in [3.63, 3.8) is 0 Å². The number of hydrogen-bond donors (Lipinski definition) is 2. The number of anilines is 1. The molecule has 0 aliphatic rings. The Morgan fingerprint density at radius 2 is 1.64 bits per heavy atom. The number of benzene rings is 2. The standard InChI is InChI=1S/C21H29N3O3S/c1-15-11-16(2)13-19(12-15)23-28(26,27)20-14-18(8-7-17(20)3)21(25)22-9-6-10-24(4)5/h7-8,11-14,23H,6,9-10H2,1-5H3,(H,22,25). The molecule has 0 bridgehead atoms. The molecule has 0 spiro atoms. The van der Waals surface area contributed by atoms with E-state index >= 15 is 0 Å². The zero-order valence-corrected chi connectivity index (χ0v) is 18.0.